The molecular formula is C21H36CaO5S. The molecule has 0 spiro atoms. The number of sulfone groups is 1. The summed E-state index contributed by atoms with van der Waals surface area (Å²) in [5, 5.41) is 18.8. The number of carbonyl (C=O) groups is 1. The Hall–Kier alpha value is -0.300. The van der Waals surface area contributed by atoms with E-state index in [1.165, 1.54) is 12.1 Å². The van der Waals surface area contributed by atoms with Crippen molar-refractivity contribution in [2.24, 2.45) is 0 Å². The summed E-state index contributed by atoms with van der Waals surface area (Å²) in [5.74, 6) is -1.25. The molecule has 0 aliphatic heterocycles. The van der Waals surface area contributed by atoms with Gasteiger partial charge in [-0.05, 0) is 29.4 Å². The molecule has 0 radical (unpaired) electrons. The number of aliphatic carboxylic acids is 1. The Labute approximate surface area is 199 Å². The molecule has 5 nitrogen and oxygen atoms in total. The summed E-state index contributed by atoms with van der Waals surface area (Å²) >= 11 is 0. The molecule has 1 atom stereocenters. The van der Waals surface area contributed by atoms with E-state index in [0.29, 0.717) is 17.5 Å². The van der Waals surface area contributed by atoms with E-state index in [1.807, 2.05) is 48.5 Å². The van der Waals surface area contributed by atoms with Crippen molar-refractivity contribution >= 4 is 53.5 Å². The van der Waals surface area contributed by atoms with Gasteiger partial charge in [-0.25, -0.2) is 8.42 Å². The van der Waals surface area contributed by atoms with Gasteiger partial charge in [-0.3, -0.25) is 4.79 Å². The predicted molar refractivity (Wildman–Crippen MR) is 117 cm³/mol. The first-order valence-corrected chi connectivity index (χ1v) is 11.0. The van der Waals surface area contributed by atoms with Gasteiger partial charge in [-0.15, -0.1) is 0 Å². The van der Waals surface area contributed by atoms with Crippen LogP contribution in [0.3, 0.4) is 0 Å². The second-order valence-corrected chi connectivity index (χ2v) is 11.4. The molecule has 1 aromatic carbocycles. The van der Waals surface area contributed by atoms with E-state index < -0.39 is 31.9 Å². The van der Waals surface area contributed by atoms with Crippen LogP contribution in [0.15, 0.2) is 17.0 Å². The number of rotatable bonds is 7. The zero-order valence-corrected chi connectivity index (χ0v) is 18.4. The van der Waals surface area contributed by atoms with Crippen LogP contribution in [0, 0.1) is 0 Å². The minimum absolute atomic E-state index is 0. The van der Waals surface area contributed by atoms with E-state index in [-0.39, 0.29) is 54.8 Å². The van der Waals surface area contributed by atoms with Gasteiger partial charge in [0.25, 0.3) is 0 Å². The molecule has 0 bridgehead atoms. The number of aromatic hydroxyl groups is 1. The Bertz CT molecular complexity index is 751. The minimum atomic E-state index is -4.07. The molecule has 1 unspecified atom stereocenters. The van der Waals surface area contributed by atoms with Gasteiger partial charge in [0.2, 0.25) is 0 Å². The predicted octanol–water partition coefficient (Wildman–Crippen LogP) is 3.88. The zero-order chi connectivity index (χ0) is 21.2. The molecule has 28 heavy (non-hydrogen) atoms. The number of carboxylic acid groups (broad SMARTS) is 1. The summed E-state index contributed by atoms with van der Waals surface area (Å²) in [4.78, 5) is 11.7. The maximum atomic E-state index is 13.2. The number of phenols is 1. The number of unbranched alkanes of at least 4 members (excludes halogenated alkanes) is 2. The second kappa shape index (κ2) is 10.1. The average Bonchev–Trinajstić information content (AvgIpc) is 2.48. The zero-order valence-electron chi connectivity index (χ0n) is 17.6. The Kier molecular flexibility index (Phi) is 10.0. The van der Waals surface area contributed by atoms with Crippen LogP contribution in [-0.4, -0.2) is 67.6 Å². The number of benzene rings is 1. The molecule has 1 aromatic rings. The van der Waals surface area contributed by atoms with E-state index in [4.69, 9.17) is 0 Å². The Morgan fingerprint density at radius 1 is 1.00 bits per heavy atom. The molecule has 0 saturated heterocycles. The van der Waals surface area contributed by atoms with Crippen LogP contribution in [0.1, 0.15) is 85.3 Å². The molecule has 0 amide bonds. The standard InChI is InChI=1S/C21H34O5S.Ca.2H/c1-8-9-10-11-17(19(23)24)27(25,26)14-12-15(20(2,3)4)18(22)16(13-14)21(5,6)7;;;/h12-13,17,22H,8-11H2,1-7H3,(H,23,24);;;. The summed E-state index contributed by atoms with van der Waals surface area (Å²) in [5.41, 5.74) is 0.0324. The van der Waals surface area contributed by atoms with E-state index in [9.17, 15) is 23.4 Å². The van der Waals surface area contributed by atoms with E-state index in [2.05, 4.69) is 0 Å². The van der Waals surface area contributed by atoms with Crippen molar-refractivity contribution in [1.29, 1.82) is 0 Å². The fourth-order valence-electron chi connectivity index (χ4n) is 3.07. The fourth-order valence-corrected chi connectivity index (χ4v) is 4.71. The third-order valence-electron chi connectivity index (χ3n) is 4.75. The second-order valence-electron chi connectivity index (χ2n) is 9.23. The normalized spacial score (nSPS) is 13.7. The SMILES string of the molecule is CCCCCC(C(=O)O)S(=O)(=O)c1cc(C(C)(C)C)c(O)c(C(C)(C)C)c1.[CaH2]. The van der Waals surface area contributed by atoms with Gasteiger partial charge in [-0.2, -0.15) is 0 Å². The monoisotopic (exact) mass is 440 g/mol. The summed E-state index contributed by atoms with van der Waals surface area (Å²) in [7, 11) is -4.07. The van der Waals surface area contributed by atoms with Crippen LogP contribution in [0.5, 0.6) is 5.75 Å². The van der Waals surface area contributed by atoms with E-state index in [1.54, 1.807) is 0 Å². The van der Waals surface area contributed by atoms with Crippen LogP contribution in [0.4, 0.5) is 0 Å². The van der Waals surface area contributed by atoms with Gasteiger partial charge < -0.3 is 10.2 Å². The fraction of sp³-hybridized carbons (Fsp3) is 0.667. The number of hydrogen-bond donors (Lipinski definition) is 2. The van der Waals surface area contributed by atoms with Crippen molar-refractivity contribution in [1.82, 2.24) is 0 Å². The summed E-state index contributed by atoms with van der Waals surface area (Å²) < 4.78 is 26.4. The van der Waals surface area contributed by atoms with Gasteiger partial charge in [-0.1, -0.05) is 67.7 Å². The topological polar surface area (TPSA) is 91.7 Å². The third-order valence-corrected chi connectivity index (χ3v) is 6.83. The van der Waals surface area contributed by atoms with Gasteiger partial charge in [0, 0.05) is 11.1 Å². The first-order chi connectivity index (χ1) is 12.1. The average molecular weight is 441 g/mol. The third kappa shape index (κ3) is 6.61. The first kappa shape index (κ1) is 27.7. The van der Waals surface area contributed by atoms with Crippen LogP contribution >= 0.6 is 0 Å². The molecular weight excluding hydrogens is 404 g/mol. The quantitative estimate of drug-likeness (QED) is 0.496. The van der Waals surface area contributed by atoms with Crippen LogP contribution < -0.4 is 0 Å². The molecule has 0 aromatic heterocycles. The number of carboxylic acids is 1. The molecule has 0 aliphatic rings. The van der Waals surface area contributed by atoms with Crippen molar-refractivity contribution in [2.45, 2.75) is 95.1 Å². The molecule has 158 valence electrons. The molecule has 0 aliphatic carbocycles. The van der Waals surface area contributed by atoms with E-state index in [0.717, 1.165) is 12.8 Å². The van der Waals surface area contributed by atoms with Crippen molar-refractivity contribution < 1.29 is 23.4 Å². The van der Waals surface area contributed by atoms with Crippen LogP contribution in [0.25, 0.3) is 0 Å². The van der Waals surface area contributed by atoms with Crippen molar-refractivity contribution in [3.8, 4) is 5.75 Å². The van der Waals surface area contributed by atoms with Crippen molar-refractivity contribution in [3.05, 3.63) is 23.3 Å². The first-order valence-electron chi connectivity index (χ1n) is 9.48. The molecule has 1 rings (SSSR count). The van der Waals surface area contributed by atoms with Gasteiger partial charge in [0.1, 0.15) is 5.75 Å². The summed E-state index contributed by atoms with van der Waals surface area (Å²) in [6.07, 6.45) is 2.30. The van der Waals surface area contributed by atoms with Gasteiger partial charge in [0.05, 0.1) is 4.90 Å². The number of hydrogen-bond acceptors (Lipinski definition) is 4. The van der Waals surface area contributed by atoms with Crippen molar-refractivity contribution in [3.63, 3.8) is 0 Å². The molecule has 0 saturated carbocycles. The molecule has 7 heteroatoms. The summed E-state index contributed by atoms with van der Waals surface area (Å²) in [6.45, 7) is 13.3. The Morgan fingerprint density at radius 2 is 1.43 bits per heavy atom. The van der Waals surface area contributed by atoms with Gasteiger partial charge >= 0.3 is 43.7 Å². The van der Waals surface area contributed by atoms with Crippen LogP contribution in [0.2, 0.25) is 0 Å². The Morgan fingerprint density at radius 3 is 1.75 bits per heavy atom. The van der Waals surface area contributed by atoms with Gasteiger partial charge in [0.15, 0.2) is 15.1 Å². The number of phenolic OH excluding ortho intramolecular Hbond substituents is 1. The maximum absolute atomic E-state index is 13.2. The molecule has 2 N–H and O–H groups in total. The molecule has 0 fully saturated rings. The summed E-state index contributed by atoms with van der Waals surface area (Å²) in [6, 6.07) is 2.88. The van der Waals surface area contributed by atoms with Crippen molar-refractivity contribution in [2.75, 3.05) is 0 Å². The van der Waals surface area contributed by atoms with Crippen LogP contribution in [-0.2, 0) is 25.5 Å². The molecule has 0 heterocycles. The van der Waals surface area contributed by atoms with E-state index >= 15 is 0 Å². The Balaban J connectivity index is 0.00000729.